The molecule has 0 aromatic rings. The number of ether oxygens (including phenoxy) is 1. The van der Waals surface area contributed by atoms with Gasteiger partial charge in [-0.15, -0.1) is 0 Å². The minimum absolute atomic E-state index is 0.344. The number of nitrogens with zero attached hydrogens (tertiary/aromatic N) is 1. The van der Waals surface area contributed by atoms with Crippen LogP contribution < -0.4 is 5.32 Å². The highest BCUT2D eigenvalue weighted by molar-refractivity contribution is 5.04. The normalized spacial score (nSPS) is 14.6. The van der Waals surface area contributed by atoms with Crippen LogP contribution in [0.3, 0.4) is 0 Å². The third-order valence-electron chi connectivity index (χ3n) is 3.14. The smallest absolute Gasteiger partial charge is 0.104 e. The van der Waals surface area contributed by atoms with Gasteiger partial charge in [0, 0.05) is 19.3 Å². The maximum Gasteiger partial charge on any atom is 0.104 e. The second kappa shape index (κ2) is 10.2. The average Bonchev–Trinajstić information content (AvgIpc) is 2.31. The SMILES string of the molecule is CC(C)CCCOCCCCC(C)(C#N)NC(C)C. The Morgan fingerprint density at radius 3 is 2.26 bits per heavy atom. The predicted octanol–water partition coefficient (Wildman–Crippen LogP) is 3.89. The van der Waals surface area contributed by atoms with Crippen LogP contribution in [0.4, 0.5) is 0 Å². The Balaban J connectivity index is 3.54. The van der Waals surface area contributed by atoms with Crippen molar-refractivity contribution in [1.29, 1.82) is 5.26 Å². The summed E-state index contributed by atoms with van der Waals surface area (Å²) in [6.45, 7) is 12.3. The number of rotatable bonds is 11. The molecule has 1 N–H and O–H groups in total. The van der Waals surface area contributed by atoms with E-state index in [-0.39, 0.29) is 0 Å². The third-order valence-corrected chi connectivity index (χ3v) is 3.14. The molecule has 0 saturated carbocycles. The molecule has 0 aromatic carbocycles. The average molecular weight is 268 g/mol. The van der Waals surface area contributed by atoms with Gasteiger partial charge >= 0.3 is 0 Å². The molecule has 0 fully saturated rings. The zero-order valence-electron chi connectivity index (χ0n) is 13.5. The summed E-state index contributed by atoms with van der Waals surface area (Å²) in [5.74, 6) is 0.766. The number of nitriles is 1. The van der Waals surface area contributed by atoms with Crippen LogP contribution in [-0.2, 0) is 4.74 Å². The minimum Gasteiger partial charge on any atom is -0.381 e. The van der Waals surface area contributed by atoms with Gasteiger partial charge in [-0.3, -0.25) is 5.32 Å². The predicted molar refractivity (Wildman–Crippen MR) is 81.0 cm³/mol. The first kappa shape index (κ1) is 18.4. The zero-order valence-corrected chi connectivity index (χ0v) is 13.5. The van der Waals surface area contributed by atoms with Crippen molar-refractivity contribution >= 4 is 0 Å². The highest BCUT2D eigenvalue weighted by atomic mass is 16.5. The molecule has 0 amide bonds. The molecule has 0 aliphatic rings. The van der Waals surface area contributed by atoms with Gasteiger partial charge in [0.1, 0.15) is 5.54 Å². The molecule has 3 heteroatoms. The van der Waals surface area contributed by atoms with Gasteiger partial charge in [0.25, 0.3) is 0 Å². The van der Waals surface area contributed by atoms with Crippen LogP contribution in [0.1, 0.15) is 66.7 Å². The molecule has 0 aliphatic heterocycles. The molecule has 0 aliphatic carbocycles. The molecule has 0 bridgehead atoms. The lowest BCUT2D eigenvalue weighted by Crippen LogP contribution is -2.44. The Hall–Kier alpha value is -0.590. The number of hydrogen-bond donors (Lipinski definition) is 1. The summed E-state index contributed by atoms with van der Waals surface area (Å²) in [6, 6.07) is 2.73. The number of hydrogen-bond acceptors (Lipinski definition) is 3. The van der Waals surface area contributed by atoms with Crippen LogP contribution in [0.25, 0.3) is 0 Å². The highest BCUT2D eigenvalue weighted by Gasteiger charge is 2.23. The van der Waals surface area contributed by atoms with E-state index in [4.69, 9.17) is 4.74 Å². The standard InChI is InChI=1S/C16H32N2O/c1-14(2)9-8-12-19-11-7-6-10-16(5,13-17)18-15(3)4/h14-15,18H,6-12H2,1-5H3. The molecule has 19 heavy (non-hydrogen) atoms. The molecular weight excluding hydrogens is 236 g/mol. The van der Waals surface area contributed by atoms with E-state index in [1.54, 1.807) is 0 Å². The molecule has 0 saturated heterocycles. The van der Waals surface area contributed by atoms with Gasteiger partial charge in [-0.25, -0.2) is 0 Å². The van der Waals surface area contributed by atoms with E-state index in [0.29, 0.717) is 6.04 Å². The molecule has 0 aromatic heterocycles. The van der Waals surface area contributed by atoms with E-state index in [0.717, 1.165) is 44.8 Å². The molecule has 1 unspecified atom stereocenters. The van der Waals surface area contributed by atoms with Crippen molar-refractivity contribution in [3.8, 4) is 6.07 Å². The van der Waals surface area contributed by atoms with Gasteiger partial charge in [-0.05, 0) is 58.8 Å². The first-order valence-electron chi connectivity index (χ1n) is 7.66. The summed E-state index contributed by atoms with van der Waals surface area (Å²) in [6.07, 6.45) is 5.36. The van der Waals surface area contributed by atoms with Gasteiger partial charge < -0.3 is 4.74 Å². The Kier molecular flexibility index (Phi) is 9.91. The Morgan fingerprint density at radius 1 is 1.11 bits per heavy atom. The highest BCUT2D eigenvalue weighted by Crippen LogP contribution is 2.14. The van der Waals surface area contributed by atoms with Crippen LogP contribution in [0.5, 0.6) is 0 Å². The van der Waals surface area contributed by atoms with E-state index < -0.39 is 5.54 Å². The summed E-state index contributed by atoms with van der Waals surface area (Å²) in [4.78, 5) is 0. The summed E-state index contributed by atoms with van der Waals surface area (Å²) in [5, 5.41) is 12.5. The van der Waals surface area contributed by atoms with Gasteiger partial charge in [0.15, 0.2) is 0 Å². The Labute approximate surface area is 119 Å². The Bertz CT molecular complexity index is 258. The molecule has 0 heterocycles. The fourth-order valence-electron chi connectivity index (χ4n) is 2.18. The molecular formula is C16H32N2O. The summed E-state index contributed by atoms with van der Waals surface area (Å²) in [5.41, 5.74) is -0.397. The monoisotopic (exact) mass is 268 g/mol. The van der Waals surface area contributed by atoms with Gasteiger partial charge in [-0.2, -0.15) is 5.26 Å². The van der Waals surface area contributed by atoms with Crippen molar-refractivity contribution in [2.45, 2.75) is 78.3 Å². The lowest BCUT2D eigenvalue weighted by molar-refractivity contribution is 0.122. The largest absolute Gasteiger partial charge is 0.381 e. The molecule has 112 valence electrons. The van der Waals surface area contributed by atoms with Crippen LogP contribution in [-0.4, -0.2) is 24.8 Å². The second-order valence-corrected chi connectivity index (χ2v) is 6.35. The van der Waals surface area contributed by atoms with Gasteiger partial charge in [0.2, 0.25) is 0 Å². The molecule has 0 radical (unpaired) electrons. The van der Waals surface area contributed by atoms with E-state index in [1.807, 2.05) is 6.92 Å². The zero-order chi connectivity index (χ0) is 14.7. The maximum absolute atomic E-state index is 9.22. The van der Waals surface area contributed by atoms with Crippen molar-refractivity contribution in [1.82, 2.24) is 5.32 Å². The summed E-state index contributed by atoms with van der Waals surface area (Å²) < 4.78 is 5.61. The van der Waals surface area contributed by atoms with E-state index in [9.17, 15) is 5.26 Å². The first-order valence-corrected chi connectivity index (χ1v) is 7.66. The quantitative estimate of drug-likeness (QED) is 0.578. The third kappa shape index (κ3) is 11.0. The number of nitrogens with one attached hydrogen (secondary N) is 1. The minimum atomic E-state index is -0.397. The maximum atomic E-state index is 9.22. The lowest BCUT2D eigenvalue weighted by atomic mass is 9.96. The van der Waals surface area contributed by atoms with Crippen molar-refractivity contribution < 1.29 is 4.74 Å². The molecule has 0 rings (SSSR count). The van der Waals surface area contributed by atoms with E-state index in [2.05, 4.69) is 39.1 Å². The molecule has 1 atom stereocenters. The number of unbranched alkanes of at least 4 members (excludes halogenated alkanes) is 1. The first-order chi connectivity index (χ1) is 8.89. The van der Waals surface area contributed by atoms with Gasteiger partial charge in [0.05, 0.1) is 6.07 Å². The van der Waals surface area contributed by atoms with E-state index >= 15 is 0 Å². The summed E-state index contributed by atoms with van der Waals surface area (Å²) >= 11 is 0. The molecule has 0 spiro atoms. The van der Waals surface area contributed by atoms with Crippen LogP contribution in [0, 0.1) is 17.2 Å². The van der Waals surface area contributed by atoms with Crippen molar-refractivity contribution in [3.05, 3.63) is 0 Å². The fraction of sp³-hybridized carbons (Fsp3) is 0.938. The van der Waals surface area contributed by atoms with E-state index in [1.165, 1.54) is 6.42 Å². The van der Waals surface area contributed by atoms with Gasteiger partial charge in [-0.1, -0.05) is 13.8 Å². The van der Waals surface area contributed by atoms with Crippen LogP contribution in [0.2, 0.25) is 0 Å². The van der Waals surface area contributed by atoms with Crippen molar-refractivity contribution in [2.75, 3.05) is 13.2 Å². The fourth-order valence-corrected chi connectivity index (χ4v) is 2.18. The Morgan fingerprint density at radius 2 is 1.74 bits per heavy atom. The van der Waals surface area contributed by atoms with Crippen molar-refractivity contribution in [2.24, 2.45) is 5.92 Å². The van der Waals surface area contributed by atoms with Crippen molar-refractivity contribution in [3.63, 3.8) is 0 Å². The lowest BCUT2D eigenvalue weighted by Gasteiger charge is -2.25. The topological polar surface area (TPSA) is 45.0 Å². The molecule has 3 nitrogen and oxygen atoms in total. The van der Waals surface area contributed by atoms with Crippen LogP contribution in [0.15, 0.2) is 0 Å². The van der Waals surface area contributed by atoms with Crippen LogP contribution >= 0.6 is 0 Å². The second-order valence-electron chi connectivity index (χ2n) is 6.35. The summed E-state index contributed by atoms with van der Waals surface area (Å²) in [7, 11) is 0.